The van der Waals surface area contributed by atoms with E-state index in [1.165, 1.54) is 6.04 Å². The third-order valence-electron chi connectivity index (χ3n) is 0.928. The summed E-state index contributed by atoms with van der Waals surface area (Å²) in [4.78, 5) is 0. The van der Waals surface area contributed by atoms with Gasteiger partial charge >= 0.3 is 0 Å². The second-order valence-electron chi connectivity index (χ2n) is 2.01. The summed E-state index contributed by atoms with van der Waals surface area (Å²) in [6.07, 6.45) is 1.03. The fourth-order valence-electron chi connectivity index (χ4n) is 0.362. The molecule has 0 spiro atoms. The van der Waals surface area contributed by atoms with Gasteiger partial charge in [0, 0.05) is 29.2 Å². The van der Waals surface area contributed by atoms with Crippen molar-refractivity contribution in [2.24, 2.45) is 11.5 Å². The topological polar surface area (TPSA) is 72.3 Å². The first-order chi connectivity index (χ1) is 4.83. The molecule has 0 unspecified atom stereocenters. The molecular formula is C6H20N2OSi. The van der Waals surface area contributed by atoms with E-state index in [9.17, 15) is 0 Å². The van der Waals surface area contributed by atoms with Gasteiger partial charge in [0.15, 0.2) is 0 Å². The van der Waals surface area contributed by atoms with Crippen LogP contribution in [0.25, 0.3) is 0 Å². The Morgan fingerprint density at radius 3 is 1.90 bits per heavy atom. The Hall–Kier alpha value is 0.0969. The average Bonchev–Trinajstić information content (AvgIpc) is 2.01. The van der Waals surface area contributed by atoms with Gasteiger partial charge in [-0.15, -0.1) is 0 Å². The Balaban J connectivity index is 0. The Kier molecular flexibility index (Phi) is 20.4. The summed E-state index contributed by atoms with van der Waals surface area (Å²) in [5, 5.41) is 8.22. The van der Waals surface area contributed by atoms with E-state index in [-0.39, 0.29) is 9.52 Å². The molecule has 4 heteroatoms. The second-order valence-corrected chi connectivity index (χ2v) is 3.72. The molecule has 5 N–H and O–H groups in total. The maximum atomic E-state index is 8.22. The monoisotopic (exact) mass is 164 g/mol. The van der Waals surface area contributed by atoms with Crippen LogP contribution in [0, 0.1) is 0 Å². The minimum Gasteiger partial charge on any atom is -0.396 e. The van der Waals surface area contributed by atoms with Crippen molar-refractivity contribution in [1.82, 2.24) is 0 Å². The fourth-order valence-corrected chi connectivity index (χ4v) is 1.09. The van der Waals surface area contributed by atoms with E-state index < -0.39 is 0 Å². The zero-order valence-corrected chi connectivity index (χ0v) is 8.26. The van der Waals surface area contributed by atoms with Crippen LogP contribution in [0.5, 0.6) is 0 Å². The van der Waals surface area contributed by atoms with Gasteiger partial charge < -0.3 is 16.6 Å². The average molecular weight is 164 g/mol. The van der Waals surface area contributed by atoms with Crippen LogP contribution >= 0.6 is 0 Å². The van der Waals surface area contributed by atoms with Gasteiger partial charge in [-0.05, 0) is 6.42 Å². The number of aliphatic hydroxyl groups is 1. The van der Waals surface area contributed by atoms with Gasteiger partial charge in [0.1, 0.15) is 0 Å². The lowest BCUT2D eigenvalue weighted by atomic mass is 10.5. The molecule has 0 heterocycles. The quantitative estimate of drug-likeness (QED) is 0.365. The number of hydrogen-bond acceptors (Lipinski definition) is 3. The zero-order chi connectivity index (χ0) is 8.24. The number of nitrogens with two attached hydrogens (primary N) is 2. The highest BCUT2D eigenvalue weighted by Gasteiger charge is 1.77. The van der Waals surface area contributed by atoms with E-state index in [2.05, 4.69) is 6.55 Å². The van der Waals surface area contributed by atoms with Gasteiger partial charge in [-0.25, -0.2) is 0 Å². The highest BCUT2D eigenvalue weighted by molar-refractivity contribution is 6.33. The molecule has 0 aliphatic rings. The van der Waals surface area contributed by atoms with Crippen LogP contribution in [-0.2, 0) is 0 Å². The summed E-state index contributed by atoms with van der Waals surface area (Å²) < 4.78 is 0. The fraction of sp³-hybridized carbons (Fsp3) is 1.00. The predicted molar refractivity (Wildman–Crippen MR) is 49.0 cm³/mol. The van der Waals surface area contributed by atoms with Crippen molar-refractivity contribution in [3.05, 3.63) is 0 Å². The summed E-state index contributed by atoms with van der Waals surface area (Å²) in [5.41, 5.74) is 9.81. The Morgan fingerprint density at radius 2 is 1.80 bits per heavy atom. The van der Waals surface area contributed by atoms with Gasteiger partial charge in [0.2, 0.25) is 0 Å². The summed E-state index contributed by atoms with van der Waals surface area (Å²) in [6.45, 7) is 3.84. The minimum atomic E-state index is 0.243. The molecule has 0 fully saturated rings. The third-order valence-corrected chi connectivity index (χ3v) is 2.14. The molecule has 3 nitrogen and oxygen atoms in total. The van der Waals surface area contributed by atoms with E-state index in [0.29, 0.717) is 19.7 Å². The lowest BCUT2D eigenvalue weighted by Gasteiger charge is -1.85. The smallest absolute Gasteiger partial charge is 0.0428 e. The highest BCUT2D eigenvalue weighted by Crippen LogP contribution is 1.82. The standard InChI is InChI=1S/C4H12OSi.C2H8N2/c1-6-4-2-3-5;3-1-2-4/h5H,2-4,6H2,1H3;1-4H2. The molecule has 0 rings (SSSR count). The minimum absolute atomic E-state index is 0.243. The molecule has 0 aromatic carbocycles. The van der Waals surface area contributed by atoms with Crippen molar-refractivity contribution < 1.29 is 5.11 Å². The molecule has 10 heavy (non-hydrogen) atoms. The maximum Gasteiger partial charge on any atom is 0.0428 e. The van der Waals surface area contributed by atoms with E-state index in [1.807, 2.05) is 0 Å². The van der Waals surface area contributed by atoms with Crippen LogP contribution in [0.3, 0.4) is 0 Å². The SMILES string of the molecule is C[SiH2]CCCO.NCCN. The first-order valence-electron chi connectivity index (χ1n) is 3.84. The molecule has 0 saturated heterocycles. The van der Waals surface area contributed by atoms with E-state index in [1.54, 1.807) is 0 Å². The van der Waals surface area contributed by atoms with Crippen LogP contribution in [0.1, 0.15) is 6.42 Å². The van der Waals surface area contributed by atoms with Gasteiger partial charge in [-0.2, -0.15) is 0 Å². The van der Waals surface area contributed by atoms with Crippen molar-refractivity contribution in [2.45, 2.75) is 19.0 Å². The molecule has 64 valence electrons. The summed E-state index contributed by atoms with van der Waals surface area (Å²) in [7, 11) is 0.243. The largest absolute Gasteiger partial charge is 0.396 e. The van der Waals surface area contributed by atoms with Crippen molar-refractivity contribution in [2.75, 3.05) is 19.7 Å². The van der Waals surface area contributed by atoms with Gasteiger partial charge in [0.25, 0.3) is 0 Å². The number of aliphatic hydroxyl groups excluding tert-OH is 1. The van der Waals surface area contributed by atoms with Crippen molar-refractivity contribution in [3.63, 3.8) is 0 Å². The maximum absolute atomic E-state index is 8.22. The molecule has 0 aliphatic heterocycles. The second kappa shape index (κ2) is 16.0. The van der Waals surface area contributed by atoms with Gasteiger partial charge in [-0.1, -0.05) is 12.6 Å². The van der Waals surface area contributed by atoms with Crippen molar-refractivity contribution >= 4 is 9.52 Å². The Morgan fingerprint density at radius 1 is 1.30 bits per heavy atom. The summed E-state index contributed by atoms with van der Waals surface area (Å²) in [5.74, 6) is 0. The third kappa shape index (κ3) is 24.3. The predicted octanol–water partition coefficient (Wildman–Crippen LogP) is -1.09. The van der Waals surface area contributed by atoms with Gasteiger partial charge in [0.05, 0.1) is 0 Å². The zero-order valence-electron chi connectivity index (χ0n) is 6.84. The first-order valence-corrected chi connectivity index (χ1v) is 6.25. The van der Waals surface area contributed by atoms with Crippen LogP contribution in [-0.4, -0.2) is 34.3 Å². The lowest BCUT2D eigenvalue weighted by Crippen LogP contribution is -2.11. The summed E-state index contributed by atoms with van der Waals surface area (Å²) >= 11 is 0. The van der Waals surface area contributed by atoms with Crippen LogP contribution in [0.15, 0.2) is 0 Å². The molecule has 0 atom stereocenters. The van der Waals surface area contributed by atoms with Crippen molar-refractivity contribution in [3.8, 4) is 0 Å². The van der Waals surface area contributed by atoms with E-state index in [0.717, 1.165) is 6.42 Å². The van der Waals surface area contributed by atoms with Gasteiger partial charge in [-0.3, -0.25) is 0 Å². The number of rotatable bonds is 4. The molecule has 0 radical (unpaired) electrons. The summed E-state index contributed by atoms with van der Waals surface area (Å²) in [6, 6.07) is 1.30. The normalized spacial score (nSPS) is 9.60. The van der Waals surface area contributed by atoms with E-state index >= 15 is 0 Å². The Bertz CT molecular complexity index is 40.7. The molecular weight excluding hydrogens is 144 g/mol. The van der Waals surface area contributed by atoms with Crippen LogP contribution in [0.2, 0.25) is 12.6 Å². The Labute approximate surface area is 65.6 Å². The number of hydrogen-bond donors (Lipinski definition) is 3. The molecule has 0 aromatic heterocycles. The molecule has 0 amide bonds. The molecule has 0 bridgehead atoms. The molecule has 0 aliphatic carbocycles. The lowest BCUT2D eigenvalue weighted by molar-refractivity contribution is 0.295. The highest BCUT2D eigenvalue weighted by atomic mass is 28.2. The molecule has 0 aromatic rings. The van der Waals surface area contributed by atoms with Crippen LogP contribution < -0.4 is 11.5 Å². The van der Waals surface area contributed by atoms with Crippen molar-refractivity contribution in [1.29, 1.82) is 0 Å². The molecule has 0 saturated carbocycles. The van der Waals surface area contributed by atoms with Crippen LogP contribution in [0.4, 0.5) is 0 Å². The van der Waals surface area contributed by atoms with E-state index in [4.69, 9.17) is 16.6 Å². The first kappa shape index (κ1) is 12.7.